The van der Waals surface area contributed by atoms with Crippen molar-refractivity contribution in [1.29, 1.82) is 0 Å². The van der Waals surface area contributed by atoms with Gasteiger partial charge in [-0.3, -0.25) is 0 Å². The van der Waals surface area contributed by atoms with Crippen LogP contribution in [0.3, 0.4) is 0 Å². The standard InChI is InChI=1S/C9H13NS2/c11-5-1-2-8-6-12-9(10-8)7-3-4-7/h6-7,11H,1-5H2. The summed E-state index contributed by atoms with van der Waals surface area (Å²) in [6, 6.07) is 0. The maximum Gasteiger partial charge on any atom is 0.0959 e. The molecule has 3 heteroatoms. The number of thiol groups is 1. The van der Waals surface area contributed by atoms with Crippen LogP contribution in [0.1, 0.15) is 35.9 Å². The third-order valence-corrected chi connectivity index (χ3v) is 3.46. The Morgan fingerprint density at radius 1 is 1.58 bits per heavy atom. The van der Waals surface area contributed by atoms with Gasteiger partial charge in [0.05, 0.1) is 10.7 Å². The van der Waals surface area contributed by atoms with Gasteiger partial charge in [-0.15, -0.1) is 11.3 Å². The van der Waals surface area contributed by atoms with Crippen LogP contribution in [-0.2, 0) is 6.42 Å². The Kier molecular flexibility index (Phi) is 2.71. The van der Waals surface area contributed by atoms with Crippen LogP contribution in [0.25, 0.3) is 0 Å². The first kappa shape index (κ1) is 8.57. The SMILES string of the molecule is SCCCc1csc(C2CC2)n1. The Morgan fingerprint density at radius 3 is 3.08 bits per heavy atom. The summed E-state index contributed by atoms with van der Waals surface area (Å²) in [6.07, 6.45) is 4.97. The lowest BCUT2D eigenvalue weighted by molar-refractivity contribution is 0.890. The lowest BCUT2D eigenvalue weighted by Gasteiger charge is -1.91. The minimum Gasteiger partial charge on any atom is -0.246 e. The first-order valence-electron chi connectivity index (χ1n) is 4.45. The van der Waals surface area contributed by atoms with Crippen molar-refractivity contribution in [2.75, 3.05) is 5.75 Å². The third kappa shape index (κ3) is 2.02. The van der Waals surface area contributed by atoms with E-state index in [1.165, 1.54) is 23.5 Å². The molecule has 0 unspecified atom stereocenters. The van der Waals surface area contributed by atoms with E-state index >= 15 is 0 Å². The Balaban J connectivity index is 1.93. The molecule has 0 N–H and O–H groups in total. The van der Waals surface area contributed by atoms with Crippen molar-refractivity contribution in [3.05, 3.63) is 16.1 Å². The van der Waals surface area contributed by atoms with Gasteiger partial charge in [0.1, 0.15) is 0 Å². The van der Waals surface area contributed by atoms with Gasteiger partial charge in [-0.2, -0.15) is 12.6 Å². The van der Waals surface area contributed by atoms with Crippen molar-refractivity contribution in [2.45, 2.75) is 31.6 Å². The molecular formula is C9H13NS2. The predicted octanol–water partition coefficient (Wildman–Crippen LogP) is 2.88. The maximum atomic E-state index is 4.59. The number of rotatable bonds is 4. The monoisotopic (exact) mass is 199 g/mol. The zero-order valence-electron chi connectivity index (χ0n) is 6.99. The molecule has 1 fully saturated rings. The van der Waals surface area contributed by atoms with Crippen molar-refractivity contribution in [1.82, 2.24) is 4.98 Å². The zero-order valence-corrected chi connectivity index (χ0v) is 8.70. The summed E-state index contributed by atoms with van der Waals surface area (Å²) in [5, 5.41) is 3.57. The Morgan fingerprint density at radius 2 is 2.42 bits per heavy atom. The molecule has 0 spiro atoms. The quantitative estimate of drug-likeness (QED) is 0.736. The first-order chi connectivity index (χ1) is 5.90. The summed E-state index contributed by atoms with van der Waals surface area (Å²) < 4.78 is 0. The van der Waals surface area contributed by atoms with Crippen LogP contribution >= 0.6 is 24.0 Å². The molecule has 1 aliphatic rings. The van der Waals surface area contributed by atoms with Crippen LogP contribution in [0.5, 0.6) is 0 Å². The molecule has 1 aliphatic carbocycles. The molecule has 0 saturated heterocycles. The van der Waals surface area contributed by atoms with Crippen molar-refractivity contribution >= 4 is 24.0 Å². The molecule has 1 saturated carbocycles. The van der Waals surface area contributed by atoms with Crippen molar-refractivity contribution in [3.63, 3.8) is 0 Å². The number of thiazole rings is 1. The number of hydrogen-bond donors (Lipinski definition) is 1. The maximum absolute atomic E-state index is 4.59. The highest BCUT2D eigenvalue weighted by atomic mass is 32.1. The molecule has 1 aromatic heterocycles. The molecule has 0 radical (unpaired) electrons. The highest BCUT2D eigenvalue weighted by Gasteiger charge is 2.26. The van der Waals surface area contributed by atoms with Crippen LogP contribution in [0.4, 0.5) is 0 Å². The van der Waals surface area contributed by atoms with E-state index < -0.39 is 0 Å². The molecule has 1 aromatic rings. The number of hydrogen-bond acceptors (Lipinski definition) is 3. The van der Waals surface area contributed by atoms with Crippen LogP contribution in [-0.4, -0.2) is 10.7 Å². The highest BCUT2D eigenvalue weighted by Crippen LogP contribution is 2.41. The Labute approximate surface area is 82.6 Å². The van der Waals surface area contributed by atoms with E-state index in [1.54, 1.807) is 0 Å². The molecule has 0 amide bonds. The molecular weight excluding hydrogens is 186 g/mol. The van der Waals surface area contributed by atoms with Crippen LogP contribution in [0.2, 0.25) is 0 Å². The molecule has 2 rings (SSSR count). The average molecular weight is 199 g/mol. The van der Waals surface area contributed by atoms with Gasteiger partial charge in [0.25, 0.3) is 0 Å². The van der Waals surface area contributed by atoms with Crippen molar-refractivity contribution < 1.29 is 0 Å². The molecule has 1 heterocycles. The van der Waals surface area contributed by atoms with E-state index in [0.717, 1.165) is 24.5 Å². The molecule has 0 aromatic carbocycles. The van der Waals surface area contributed by atoms with Crippen LogP contribution < -0.4 is 0 Å². The van der Waals surface area contributed by atoms with E-state index in [0.29, 0.717) is 0 Å². The molecule has 0 aliphatic heterocycles. The zero-order chi connectivity index (χ0) is 8.39. The van der Waals surface area contributed by atoms with E-state index in [2.05, 4.69) is 23.0 Å². The lowest BCUT2D eigenvalue weighted by Crippen LogP contribution is -1.87. The summed E-state index contributed by atoms with van der Waals surface area (Å²) in [4.78, 5) is 4.59. The van der Waals surface area contributed by atoms with Crippen molar-refractivity contribution in [2.24, 2.45) is 0 Å². The van der Waals surface area contributed by atoms with Crippen LogP contribution in [0.15, 0.2) is 5.38 Å². The van der Waals surface area contributed by atoms with Gasteiger partial charge in [0.15, 0.2) is 0 Å². The van der Waals surface area contributed by atoms with Gasteiger partial charge in [-0.1, -0.05) is 0 Å². The van der Waals surface area contributed by atoms with E-state index in [-0.39, 0.29) is 0 Å². The topological polar surface area (TPSA) is 12.9 Å². The Hall–Kier alpha value is -0.0200. The fourth-order valence-electron chi connectivity index (χ4n) is 1.22. The number of aromatic nitrogens is 1. The van der Waals surface area contributed by atoms with E-state index in [4.69, 9.17) is 0 Å². The van der Waals surface area contributed by atoms with Crippen molar-refractivity contribution in [3.8, 4) is 0 Å². The Bertz CT molecular complexity index is 253. The molecule has 66 valence electrons. The van der Waals surface area contributed by atoms with E-state index in [1.807, 2.05) is 11.3 Å². The van der Waals surface area contributed by atoms with E-state index in [9.17, 15) is 0 Å². The first-order valence-corrected chi connectivity index (χ1v) is 5.96. The fraction of sp³-hybridized carbons (Fsp3) is 0.667. The predicted molar refractivity (Wildman–Crippen MR) is 56.3 cm³/mol. The smallest absolute Gasteiger partial charge is 0.0959 e. The second-order valence-corrected chi connectivity index (χ2v) is 4.62. The van der Waals surface area contributed by atoms with Gasteiger partial charge in [-0.05, 0) is 31.4 Å². The number of nitrogens with zero attached hydrogens (tertiary/aromatic N) is 1. The summed E-state index contributed by atoms with van der Waals surface area (Å²) in [7, 11) is 0. The van der Waals surface area contributed by atoms with Crippen LogP contribution in [0, 0.1) is 0 Å². The molecule has 1 nitrogen and oxygen atoms in total. The van der Waals surface area contributed by atoms with Gasteiger partial charge in [-0.25, -0.2) is 4.98 Å². The summed E-state index contributed by atoms with van der Waals surface area (Å²) in [6.45, 7) is 0. The summed E-state index contributed by atoms with van der Waals surface area (Å²) in [5.74, 6) is 1.79. The molecule has 0 bridgehead atoms. The van der Waals surface area contributed by atoms with Gasteiger partial charge in [0, 0.05) is 11.3 Å². The number of aryl methyl sites for hydroxylation is 1. The van der Waals surface area contributed by atoms with Gasteiger partial charge in [0.2, 0.25) is 0 Å². The van der Waals surface area contributed by atoms with Gasteiger partial charge < -0.3 is 0 Å². The third-order valence-electron chi connectivity index (χ3n) is 2.09. The molecule has 12 heavy (non-hydrogen) atoms. The average Bonchev–Trinajstić information content (AvgIpc) is 2.83. The minimum absolute atomic E-state index is 0.819. The summed E-state index contributed by atoms with van der Waals surface area (Å²) >= 11 is 6.02. The van der Waals surface area contributed by atoms with Gasteiger partial charge >= 0.3 is 0 Å². The normalized spacial score (nSPS) is 16.8. The highest BCUT2D eigenvalue weighted by molar-refractivity contribution is 7.80. The summed E-state index contributed by atoms with van der Waals surface area (Å²) in [5.41, 5.74) is 1.27. The molecule has 0 atom stereocenters. The fourth-order valence-corrected chi connectivity index (χ4v) is 2.40. The lowest BCUT2D eigenvalue weighted by atomic mass is 10.3. The second kappa shape index (κ2) is 3.79. The largest absolute Gasteiger partial charge is 0.246 e. The second-order valence-electron chi connectivity index (χ2n) is 3.28. The minimum atomic E-state index is 0.819.